The molecule has 0 saturated carbocycles. The zero-order valence-corrected chi connectivity index (χ0v) is 16.5. The first-order valence-electron chi connectivity index (χ1n) is 10.0. The lowest BCUT2D eigenvalue weighted by atomic mass is 10.1. The van der Waals surface area contributed by atoms with Crippen molar-refractivity contribution >= 4 is 23.4 Å². The number of hydrogen-bond donors (Lipinski definition) is 1. The van der Waals surface area contributed by atoms with Crippen LogP contribution in [0.25, 0.3) is 11.3 Å². The van der Waals surface area contributed by atoms with Gasteiger partial charge in [0.2, 0.25) is 0 Å². The first kappa shape index (κ1) is 18.7. The van der Waals surface area contributed by atoms with Gasteiger partial charge in [0.25, 0.3) is 5.88 Å². The molecular weight excluding hydrogens is 422 g/mol. The Bertz CT molecular complexity index is 1230. The fourth-order valence-corrected chi connectivity index (χ4v) is 4.22. The Morgan fingerprint density at radius 1 is 1.19 bits per heavy atom. The van der Waals surface area contributed by atoms with Gasteiger partial charge < -0.3 is 14.4 Å². The van der Waals surface area contributed by atoms with E-state index in [1.165, 1.54) is 12.3 Å². The zero-order chi connectivity index (χ0) is 21.9. The number of rotatable bonds is 2. The number of carbonyl (C=O) groups excluding carboxylic acids is 1. The van der Waals surface area contributed by atoms with Crippen LogP contribution in [0.1, 0.15) is 6.42 Å². The lowest BCUT2D eigenvalue weighted by Gasteiger charge is -2.35. The number of halogens is 2. The average molecular weight is 438 g/mol. The van der Waals surface area contributed by atoms with Crippen LogP contribution in [-0.4, -0.2) is 46.4 Å². The monoisotopic (exact) mass is 438 g/mol. The van der Waals surface area contributed by atoms with Crippen LogP contribution in [0.3, 0.4) is 0 Å². The first-order valence-corrected chi connectivity index (χ1v) is 10.0. The Labute approximate surface area is 180 Å². The molecule has 1 atom stereocenters. The summed E-state index contributed by atoms with van der Waals surface area (Å²) < 4.78 is 35.6. The van der Waals surface area contributed by atoms with Crippen LogP contribution in [0.5, 0.6) is 11.6 Å². The van der Waals surface area contributed by atoms with Crippen LogP contribution in [0.2, 0.25) is 0 Å². The molecule has 3 aliphatic heterocycles. The molecule has 3 aromatic heterocycles. The van der Waals surface area contributed by atoms with Crippen molar-refractivity contribution in [1.82, 2.24) is 15.0 Å². The standard InChI is InChI=1S/C21H16F2N6O3/c22-21(23)31-16-9-12(10-25-19(16)32-21)14-4-5-15-18(26-14)29(13-6-8-28(15)11-13)20(30)27-17-3-1-2-7-24-17/h1-5,7,9-10,13H,6,8,11H2,(H,24,27,30)/t13-/m0/s1. The Balaban J connectivity index is 1.37. The minimum absolute atomic E-state index is 0.0393. The summed E-state index contributed by atoms with van der Waals surface area (Å²) in [5, 5.41) is 2.82. The average Bonchev–Trinajstić information content (AvgIpc) is 3.33. The molecule has 1 fully saturated rings. The molecule has 0 aliphatic carbocycles. The van der Waals surface area contributed by atoms with Crippen LogP contribution >= 0.6 is 0 Å². The number of urea groups is 1. The second kappa shape index (κ2) is 6.74. The van der Waals surface area contributed by atoms with Crippen molar-refractivity contribution in [2.24, 2.45) is 0 Å². The molecule has 1 saturated heterocycles. The summed E-state index contributed by atoms with van der Waals surface area (Å²) in [6.07, 6.45) is 0.0456. The van der Waals surface area contributed by atoms with Crippen molar-refractivity contribution in [1.29, 1.82) is 0 Å². The van der Waals surface area contributed by atoms with E-state index in [0.29, 0.717) is 29.4 Å². The van der Waals surface area contributed by atoms with Crippen molar-refractivity contribution in [3.8, 4) is 22.9 Å². The number of alkyl halides is 2. The highest BCUT2D eigenvalue weighted by Gasteiger charge is 2.45. The van der Waals surface area contributed by atoms with E-state index in [4.69, 9.17) is 4.98 Å². The summed E-state index contributed by atoms with van der Waals surface area (Å²) in [5.74, 6) is 0.488. The molecule has 2 amide bonds. The van der Waals surface area contributed by atoms with Gasteiger partial charge in [-0.25, -0.2) is 19.7 Å². The Kier molecular flexibility index (Phi) is 3.94. The van der Waals surface area contributed by atoms with Crippen molar-refractivity contribution in [2.75, 3.05) is 28.2 Å². The number of anilines is 3. The van der Waals surface area contributed by atoms with E-state index < -0.39 is 6.29 Å². The van der Waals surface area contributed by atoms with Crippen LogP contribution < -0.4 is 24.6 Å². The van der Waals surface area contributed by atoms with Gasteiger partial charge >= 0.3 is 12.3 Å². The van der Waals surface area contributed by atoms with Gasteiger partial charge in [-0.1, -0.05) is 6.07 Å². The fourth-order valence-electron chi connectivity index (χ4n) is 4.22. The normalized spacial score (nSPS) is 19.6. The maximum absolute atomic E-state index is 13.3. The van der Waals surface area contributed by atoms with Crippen molar-refractivity contribution in [3.05, 3.63) is 48.8 Å². The van der Waals surface area contributed by atoms with Crippen LogP contribution in [0.4, 0.5) is 30.9 Å². The topological polar surface area (TPSA) is 92.7 Å². The summed E-state index contributed by atoms with van der Waals surface area (Å²) in [4.78, 5) is 29.8. The second-order valence-corrected chi connectivity index (χ2v) is 7.64. The maximum atomic E-state index is 13.3. The maximum Gasteiger partial charge on any atom is 0.587 e. The minimum atomic E-state index is -3.75. The van der Waals surface area contributed by atoms with Gasteiger partial charge in [0.05, 0.1) is 17.4 Å². The number of nitrogens with one attached hydrogen (secondary N) is 1. The molecule has 162 valence electrons. The second-order valence-electron chi connectivity index (χ2n) is 7.64. The number of nitrogens with zero attached hydrogens (tertiary/aromatic N) is 5. The summed E-state index contributed by atoms with van der Waals surface area (Å²) in [6, 6.07) is 9.94. The highest BCUT2D eigenvalue weighted by Crippen LogP contribution is 2.43. The van der Waals surface area contributed by atoms with Gasteiger partial charge in [-0.15, -0.1) is 8.78 Å². The molecule has 0 spiro atoms. The third kappa shape index (κ3) is 3.04. The third-order valence-electron chi connectivity index (χ3n) is 5.63. The van der Waals surface area contributed by atoms with Crippen molar-refractivity contribution in [2.45, 2.75) is 18.8 Å². The fraction of sp³-hybridized carbons (Fsp3) is 0.238. The minimum Gasteiger partial charge on any atom is -0.393 e. The quantitative estimate of drug-likeness (QED) is 0.655. The predicted molar refractivity (Wildman–Crippen MR) is 110 cm³/mol. The number of hydrogen-bond acceptors (Lipinski definition) is 7. The predicted octanol–water partition coefficient (Wildman–Crippen LogP) is 3.49. The van der Waals surface area contributed by atoms with Crippen molar-refractivity contribution in [3.63, 3.8) is 0 Å². The zero-order valence-electron chi connectivity index (χ0n) is 16.5. The largest absolute Gasteiger partial charge is 0.587 e. The third-order valence-corrected chi connectivity index (χ3v) is 5.63. The molecule has 32 heavy (non-hydrogen) atoms. The molecule has 0 radical (unpaired) electrons. The smallest absolute Gasteiger partial charge is 0.393 e. The number of ether oxygens (including phenoxy) is 2. The molecule has 1 N–H and O–H groups in total. The van der Waals surface area contributed by atoms with E-state index in [9.17, 15) is 13.6 Å². The van der Waals surface area contributed by atoms with E-state index in [0.717, 1.165) is 18.7 Å². The Morgan fingerprint density at radius 2 is 2.09 bits per heavy atom. The van der Waals surface area contributed by atoms with Gasteiger partial charge in [-0.3, -0.25) is 10.2 Å². The van der Waals surface area contributed by atoms with Gasteiger partial charge in [-0.05, 0) is 36.8 Å². The van der Waals surface area contributed by atoms with E-state index in [1.54, 1.807) is 35.4 Å². The van der Waals surface area contributed by atoms with E-state index in [1.807, 2.05) is 6.07 Å². The molecule has 11 heteroatoms. The lowest BCUT2D eigenvalue weighted by Crippen LogP contribution is -2.48. The Morgan fingerprint density at radius 3 is 2.94 bits per heavy atom. The summed E-state index contributed by atoms with van der Waals surface area (Å²) >= 11 is 0. The summed E-state index contributed by atoms with van der Waals surface area (Å²) in [6.45, 7) is 1.52. The van der Waals surface area contributed by atoms with E-state index >= 15 is 0 Å². The number of fused-ring (bicyclic) bond motifs is 5. The first-order chi connectivity index (χ1) is 15.5. The van der Waals surface area contributed by atoms with Crippen LogP contribution in [0, 0.1) is 0 Å². The van der Waals surface area contributed by atoms with Gasteiger partial charge in [0.1, 0.15) is 5.82 Å². The van der Waals surface area contributed by atoms with Crippen LogP contribution in [0.15, 0.2) is 48.8 Å². The lowest BCUT2D eigenvalue weighted by molar-refractivity contribution is -0.287. The molecule has 6 rings (SSSR count). The number of aromatic nitrogens is 3. The Hall–Kier alpha value is -4.02. The summed E-state index contributed by atoms with van der Waals surface area (Å²) in [7, 11) is 0. The SMILES string of the molecule is O=C(Nc1ccccn1)N1c2nc(-c3cnc4c(c3)OC(F)(F)O4)ccc2N2CC[C@H]1C2. The van der Waals surface area contributed by atoms with Gasteiger partial charge in [0.15, 0.2) is 11.6 Å². The number of pyridine rings is 3. The van der Waals surface area contributed by atoms with E-state index in [2.05, 4.69) is 29.7 Å². The van der Waals surface area contributed by atoms with Crippen LogP contribution in [-0.2, 0) is 0 Å². The molecule has 0 aromatic carbocycles. The molecular formula is C21H16F2N6O3. The summed E-state index contributed by atoms with van der Waals surface area (Å²) in [5.41, 5.74) is 1.76. The van der Waals surface area contributed by atoms with Gasteiger partial charge in [0, 0.05) is 31.0 Å². The molecule has 6 heterocycles. The molecule has 3 aliphatic rings. The van der Waals surface area contributed by atoms with Crippen molar-refractivity contribution < 1.29 is 23.0 Å². The number of amides is 2. The van der Waals surface area contributed by atoms with Gasteiger partial charge in [-0.2, -0.15) is 0 Å². The molecule has 9 nitrogen and oxygen atoms in total. The molecule has 2 bridgehead atoms. The molecule has 3 aromatic rings. The highest BCUT2D eigenvalue weighted by atomic mass is 19.3. The molecule has 0 unspecified atom stereocenters. The highest BCUT2D eigenvalue weighted by molar-refractivity contribution is 6.04. The number of carbonyl (C=O) groups is 1. The van der Waals surface area contributed by atoms with E-state index in [-0.39, 0.29) is 23.7 Å².